The lowest BCUT2D eigenvalue weighted by molar-refractivity contribution is 0.0761. The molecule has 1 aromatic heterocycles. The van der Waals surface area contributed by atoms with Crippen molar-refractivity contribution in [2.75, 3.05) is 18.4 Å². The van der Waals surface area contributed by atoms with Gasteiger partial charge in [0.2, 0.25) is 0 Å². The third kappa shape index (κ3) is 4.22. The molecule has 1 unspecified atom stereocenters. The second-order valence-electron chi connectivity index (χ2n) is 8.20. The molecule has 4 rings (SSSR count). The molecule has 0 radical (unpaired) electrons. The number of halogens is 1. The molecule has 29 heavy (non-hydrogen) atoms. The van der Waals surface area contributed by atoms with Gasteiger partial charge in [-0.05, 0) is 55.7 Å². The molecule has 154 valence electrons. The van der Waals surface area contributed by atoms with Crippen molar-refractivity contribution >= 4 is 28.2 Å². The van der Waals surface area contributed by atoms with Crippen molar-refractivity contribution in [3.63, 3.8) is 0 Å². The minimum Gasteiger partial charge on any atom is -0.339 e. The van der Waals surface area contributed by atoms with Crippen LogP contribution in [0, 0.1) is 11.7 Å². The van der Waals surface area contributed by atoms with Crippen LogP contribution in [0.2, 0.25) is 0 Å². The van der Waals surface area contributed by atoms with Crippen molar-refractivity contribution < 1.29 is 14.0 Å². The van der Waals surface area contributed by atoms with E-state index in [1.165, 1.54) is 28.3 Å². The zero-order valence-electron chi connectivity index (χ0n) is 16.8. The van der Waals surface area contributed by atoms with E-state index < -0.39 is 11.7 Å². The molecule has 1 aliphatic heterocycles. The first-order chi connectivity index (χ1) is 14.0. The highest BCUT2D eigenvalue weighted by Gasteiger charge is 2.31. The Morgan fingerprint density at radius 3 is 2.59 bits per heavy atom. The number of rotatable bonds is 3. The number of nitrogens with one attached hydrogen (secondary N) is 1. The number of hydrogen-bond donors (Lipinski definition) is 1. The highest BCUT2D eigenvalue weighted by Crippen LogP contribution is 2.40. The number of likely N-dealkylation sites (tertiary alicyclic amines) is 1. The Kier molecular flexibility index (Phi) is 5.99. The van der Waals surface area contributed by atoms with Gasteiger partial charge in [0.05, 0.1) is 11.1 Å². The molecule has 1 aromatic carbocycles. The maximum absolute atomic E-state index is 14.1. The van der Waals surface area contributed by atoms with E-state index in [0.717, 1.165) is 63.6 Å². The molecule has 0 saturated carbocycles. The average Bonchev–Trinajstić information content (AvgIpc) is 2.87. The van der Waals surface area contributed by atoms with Crippen LogP contribution >= 0.6 is 11.3 Å². The van der Waals surface area contributed by atoms with Crippen LogP contribution in [-0.2, 0) is 12.8 Å². The summed E-state index contributed by atoms with van der Waals surface area (Å²) in [5.74, 6) is -0.472. The molecular formula is C23H27FN2O2S. The quantitative estimate of drug-likeness (QED) is 0.743. The molecule has 0 bridgehead atoms. The second kappa shape index (κ2) is 8.66. The summed E-state index contributed by atoms with van der Waals surface area (Å²) in [5, 5.41) is 3.44. The molecule has 1 saturated heterocycles. The van der Waals surface area contributed by atoms with Gasteiger partial charge in [-0.2, -0.15) is 0 Å². The Hall–Kier alpha value is -2.21. The molecule has 1 fully saturated rings. The molecular weight excluding hydrogens is 387 g/mol. The van der Waals surface area contributed by atoms with Gasteiger partial charge in [0.1, 0.15) is 10.8 Å². The zero-order valence-corrected chi connectivity index (χ0v) is 17.6. The lowest BCUT2D eigenvalue weighted by Gasteiger charge is -2.23. The number of fused-ring (bicyclic) bond motifs is 1. The molecule has 0 spiro atoms. The first kappa shape index (κ1) is 20.1. The molecule has 2 aliphatic rings. The van der Waals surface area contributed by atoms with Crippen LogP contribution in [0.1, 0.15) is 70.2 Å². The highest BCUT2D eigenvalue weighted by atomic mass is 32.1. The summed E-state index contributed by atoms with van der Waals surface area (Å²) in [6, 6.07) is 5.95. The first-order valence-corrected chi connectivity index (χ1v) is 11.4. The van der Waals surface area contributed by atoms with Gasteiger partial charge in [0.15, 0.2) is 0 Å². The molecule has 1 N–H and O–H groups in total. The van der Waals surface area contributed by atoms with Gasteiger partial charge in [0, 0.05) is 18.0 Å². The van der Waals surface area contributed by atoms with Crippen LogP contribution in [0.5, 0.6) is 0 Å². The molecule has 6 heteroatoms. The zero-order chi connectivity index (χ0) is 20.4. The average molecular weight is 415 g/mol. The maximum atomic E-state index is 14.1. The Labute approximate surface area is 175 Å². The van der Waals surface area contributed by atoms with E-state index in [1.807, 2.05) is 4.90 Å². The SMILES string of the molecule is CC1CCc2c(sc(NC(=O)c3ccccc3F)c2C(=O)N2CCCCCC2)C1. The molecule has 2 amide bonds. The number of carbonyl (C=O) groups excluding carboxylic acids is 2. The molecule has 2 aromatic rings. The van der Waals surface area contributed by atoms with Crippen LogP contribution < -0.4 is 5.32 Å². The maximum Gasteiger partial charge on any atom is 0.259 e. The fourth-order valence-corrected chi connectivity index (χ4v) is 5.71. The standard InChI is InChI=1S/C23H27FN2O2S/c1-15-10-11-17-19(14-15)29-22(25-21(27)16-8-4-5-9-18(16)24)20(17)23(28)26-12-6-2-3-7-13-26/h4-5,8-9,15H,2-3,6-7,10-14H2,1H3,(H,25,27). The van der Waals surface area contributed by atoms with Crippen LogP contribution in [-0.4, -0.2) is 29.8 Å². The minimum absolute atomic E-state index is 0.000381. The van der Waals surface area contributed by atoms with Crippen molar-refractivity contribution in [2.45, 2.75) is 51.9 Å². The second-order valence-corrected chi connectivity index (χ2v) is 9.30. The van der Waals surface area contributed by atoms with Gasteiger partial charge >= 0.3 is 0 Å². The summed E-state index contributed by atoms with van der Waals surface area (Å²) in [6.45, 7) is 3.75. The summed E-state index contributed by atoms with van der Waals surface area (Å²) < 4.78 is 14.1. The Morgan fingerprint density at radius 2 is 1.86 bits per heavy atom. The van der Waals surface area contributed by atoms with Gasteiger partial charge in [-0.1, -0.05) is 31.9 Å². The number of benzene rings is 1. The molecule has 4 nitrogen and oxygen atoms in total. The van der Waals surface area contributed by atoms with Gasteiger partial charge < -0.3 is 10.2 Å². The summed E-state index contributed by atoms with van der Waals surface area (Å²) in [7, 11) is 0. The van der Waals surface area contributed by atoms with Crippen LogP contribution in [0.4, 0.5) is 9.39 Å². The lowest BCUT2D eigenvalue weighted by Crippen LogP contribution is -2.33. The fraction of sp³-hybridized carbons (Fsp3) is 0.478. The van der Waals surface area contributed by atoms with E-state index in [0.29, 0.717) is 16.5 Å². The lowest BCUT2D eigenvalue weighted by atomic mass is 9.88. The van der Waals surface area contributed by atoms with E-state index in [1.54, 1.807) is 12.1 Å². The highest BCUT2D eigenvalue weighted by molar-refractivity contribution is 7.17. The van der Waals surface area contributed by atoms with Crippen LogP contribution in [0.15, 0.2) is 24.3 Å². The number of anilines is 1. The van der Waals surface area contributed by atoms with E-state index in [2.05, 4.69) is 12.2 Å². The van der Waals surface area contributed by atoms with Crippen LogP contribution in [0.3, 0.4) is 0 Å². The van der Waals surface area contributed by atoms with Gasteiger partial charge in [0.25, 0.3) is 11.8 Å². The summed E-state index contributed by atoms with van der Waals surface area (Å²) in [5.41, 5.74) is 1.73. The van der Waals surface area contributed by atoms with Crippen molar-refractivity contribution in [3.8, 4) is 0 Å². The third-order valence-electron chi connectivity index (χ3n) is 5.96. The molecule has 2 heterocycles. The number of thiophene rings is 1. The predicted octanol–water partition coefficient (Wildman–Crippen LogP) is 5.28. The topological polar surface area (TPSA) is 49.4 Å². The number of carbonyl (C=O) groups is 2. The number of nitrogens with zero attached hydrogens (tertiary/aromatic N) is 1. The summed E-state index contributed by atoms with van der Waals surface area (Å²) >= 11 is 1.49. The summed E-state index contributed by atoms with van der Waals surface area (Å²) in [6.07, 6.45) is 7.18. The Balaban J connectivity index is 1.68. The smallest absolute Gasteiger partial charge is 0.259 e. The van der Waals surface area contributed by atoms with Crippen LogP contribution in [0.25, 0.3) is 0 Å². The van der Waals surface area contributed by atoms with Crippen molar-refractivity contribution in [2.24, 2.45) is 5.92 Å². The predicted molar refractivity (Wildman–Crippen MR) is 114 cm³/mol. The number of hydrogen-bond acceptors (Lipinski definition) is 3. The largest absolute Gasteiger partial charge is 0.339 e. The normalized spacial score (nSPS) is 19.4. The van der Waals surface area contributed by atoms with Crippen molar-refractivity contribution in [3.05, 3.63) is 51.7 Å². The first-order valence-electron chi connectivity index (χ1n) is 10.5. The van der Waals surface area contributed by atoms with E-state index in [4.69, 9.17) is 0 Å². The Morgan fingerprint density at radius 1 is 1.14 bits per heavy atom. The monoisotopic (exact) mass is 414 g/mol. The minimum atomic E-state index is -0.555. The van der Waals surface area contributed by atoms with Crippen molar-refractivity contribution in [1.82, 2.24) is 4.90 Å². The molecule has 1 atom stereocenters. The van der Waals surface area contributed by atoms with E-state index >= 15 is 0 Å². The summed E-state index contributed by atoms with van der Waals surface area (Å²) in [4.78, 5) is 29.4. The van der Waals surface area contributed by atoms with Gasteiger partial charge in [-0.25, -0.2) is 4.39 Å². The fourth-order valence-electron chi connectivity index (χ4n) is 4.31. The van der Waals surface area contributed by atoms with Crippen molar-refractivity contribution in [1.29, 1.82) is 0 Å². The molecule has 1 aliphatic carbocycles. The van der Waals surface area contributed by atoms with E-state index in [9.17, 15) is 14.0 Å². The Bertz CT molecular complexity index is 916. The third-order valence-corrected chi connectivity index (χ3v) is 7.13. The van der Waals surface area contributed by atoms with E-state index in [-0.39, 0.29) is 11.5 Å². The van der Waals surface area contributed by atoms with Gasteiger partial charge in [-0.3, -0.25) is 9.59 Å². The van der Waals surface area contributed by atoms with Gasteiger partial charge in [-0.15, -0.1) is 11.3 Å². The number of amides is 2.